The summed E-state index contributed by atoms with van der Waals surface area (Å²) >= 11 is 0. The number of imidazole rings is 1. The fraction of sp³-hybridized carbons (Fsp3) is 0.769. The fourth-order valence-corrected chi connectivity index (χ4v) is 1.87. The highest BCUT2D eigenvalue weighted by Gasteiger charge is 2.14. The van der Waals surface area contributed by atoms with Gasteiger partial charge in [-0.25, -0.2) is 4.98 Å². The lowest BCUT2D eigenvalue weighted by molar-refractivity contribution is 0.352. The molecule has 0 spiro atoms. The monoisotopic (exact) mass is 223 g/mol. The molecule has 16 heavy (non-hydrogen) atoms. The molecule has 1 heterocycles. The zero-order valence-corrected chi connectivity index (χ0v) is 11.0. The second kappa shape index (κ2) is 6.69. The minimum absolute atomic E-state index is 0.541. The van der Waals surface area contributed by atoms with E-state index in [0.29, 0.717) is 12.0 Å². The molecule has 1 atom stereocenters. The van der Waals surface area contributed by atoms with E-state index in [9.17, 15) is 0 Å². The van der Waals surface area contributed by atoms with Gasteiger partial charge < -0.3 is 9.88 Å². The molecular weight excluding hydrogens is 198 g/mol. The predicted molar refractivity (Wildman–Crippen MR) is 68.5 cm³/mol. The highest BCUT2D eigenvalue weighted by Crippen LogP contribution is 2.07. The van der Waals surface area contributed by atoms with E-state index >= 15 is 0 Å². The van der Waals surface area contributed by atoms with Crippen LogP contribution >= 0.6 is 0 Å². The lowest BCUT2D eigenvalue weighted by atomic mass is 10.0. The molecule has 1 aromatic rings. The van der Waals surface area contributed by atoms with Gasteiger partial charge in [-0.3, -0.25) is 0 Å². The molecule has 0 radical (unpaired) electrons. The zero-order chi connectivity index (χ0) is 12.0. The quantitative estimate of drug-likeness (QED) is 0.769. The highest BCUT2D eigenvalue weighted by atomic mass is 15.1. The molecule has 0 fully saturated rings. The highest BCUT2D eigenvalue weighted by molar-refractivity contribution is 4.93. The first-order chi connectivity index (χ1) is 7.69. The summed E-state index contributed by atoms with van der Waals surface area (Å²) in [6, 6.07) is 0.541. The van der Waals surface area contributed by atoms with Crippen molar-refractivity contribution in [3.05, 3.63) is 18.2 Å². The van der Waals surface area contributed by atoms with Crippen molar-refractivity contribution < 1.29 is 0 Å². The van der Waals surface area contributed by atoms with Crippen LogP contribution in [0.4, 0.5) is 0 Å². The van der Waals surface area contributed by atoms with Crippen molar-refractivity contribution >= 4 is 0 Å². The van der Waals surface area contributed by atoms with Crippen LogP contribution in [0.3, 0.4) is 0 Å². The van der Waals surface area contributed by atoms with Crippen LogP contribution in [0.5, 0.6) is 0 Å². The summed E-state index contributed by atoms with van der Waals surface area (Å²) in [5.41, 5.74) is 0. The van der Waals surface area contributed by atoms with Crippen molar-refractivity contribution in [2.24, 2.45) is 5.92 Å². The Labute approximate surface area is 99.3 Å². The van der Waals surface area contributed by atoms with E-state index in [4.69, 9.17) is 0 Å². The summed E-state index contributed by atoms with van der Waals surface area (Å²) in [7, 11) is 0. The van der Waals surface area contributed by atoms with Crippen LogP contribution < -0.4 is 5.32 Å². The van der Waals surface area contributed by atoms with Gasteiger partial charge in [0, 0.05) is 31.4 Å². The third-order valence-electron chi connectivity index (χ3n) is 2.97. The van der Waals surface area contributed by atoms with Crippen molar-refractivity contribution in [1.29, 1.82) is 0 Å². The molecule has 0 aliphatic carbocycles. The van der Waals surface area contributed by atoms with E-state index in [0.717, 1.165) is 19.5 Å². The van der Waals surface area contributed by atoms with Gasteiger partial charge >= 0.3 is 0 Å². The van der Waals surface area contributed by atoms with Gasteiger partial charge in [-0.1, -0.05) is 27.7 Å². The van der Waals surface area contributed by atoms with Gasteiger partial charge in [-0.2, -0.15) is 0 Å². The molecule has 0 amide bonds. The molecule has 1 rings (SSSR count). The van der Waals surface area contributed by atoms with Gasteiger partial charge in [0.1, 0.15) is 5.82 Å². The normalized spacial score (nSPS) is 13.3. The van der Waals surface area contributed by atoms with Crippen molar-refractivity contribution in [3.63, 3.8) is 0 Å². The van der Waals surface area contributed by atoms with E-state index < -0.39 is 0 Å². The molecule has 0 aliphatic rings. The minimum atomic E-state index is 0.541. The van der Waals surface area contributed by atoms with Crippen molar-refractivity contribution in [1.82, 2.24) is 14.9 Å². The van der Waals surface area contributed by atoms with E-state index in [1.54, 1.807) is 0 Å². The first kappa shape index (κ1) is 13.2. The Hall–Kier alpha value is -0.830. The van der Waals surface area contributed by atoms with Crippen molar-refractivity contribution in [3.8, 4) is 0 Å². The van der Waals surface area contributed by atoms with Gasteiger partial charge in [-0.05, 0) is 18.9 Å². The summed E-state index contributed by atoms with van der Waals surface area (Å²) < 4.78 is 2.27. The van der Waals surface area contributed by atoms with Gasteiger partial charge in [0.2, 0.25) is 0 Å². The number of hydrogen-bond donors (Lipinski definition) is 1. The lowest BCUT2D eigenvalue weighted by Gasteiger charge is -2.23. The van der Waals surface area contributed by atoms with E-state index in [-0.39, 0.29) is 0 Å². The Morgan fingerprint density at radius 1 is 1.38 bits per heavy atom. The number of hydrogen-bond acceptors (Lipinski definition) is 2. The summed E-state index contributed by atoms with van der Waals surface area (Å²) in [4.78, 5) is 4.36. The maximum absolute atomic E-state index is 4.36. The molecule has 0 saturated heterocycles. The molecule has 0 saturated carbocycles. The zero-order valence-electron chi connectivity index (χ0n) is 11.0. The van der Waals surface area contributed by atoms with Gasteiger partial charge in [-0.15, -0.1) is 0 Å². The van der Waals surface area contributed by atoms with E-state index in [1.807, 2.05) is 6.20 Å². The smallest absolute Gasteiger partial charge is 0.108 e. The molecular formula is C13H25N3. The molecule has 1 N–H and O–H groups in total. The Balaban J connectivity index is 2.60. The van der Waals surface area contributed by atoms with Gasteiger partial charge in [0.25, 0.3) is 0 Å². The molecule has 1 aromatic heterocycles. The molecule has 1 unspecified atom stereocenters. The van der Waals surface area contributed by atoms with Crippen LogP contribution in [-0.4, -0.2) is 22.1 Å². The van der Waals surface area contributed by atoms with Crippen LogP contribution in [0.2, 0.25) is 0 Å². The Morgan fingerprint density at radius 3 is 2.69 bits per heavy atom. The maximum atomic E-state index is 4.36. The Morgan fingerprint density at radius 2 is 2.12 bits per heavy atom. The van der Waals surface area contributed by atoms with E-state index in [1.165, 1.54) is 12.2 Å². The lowest BCUT2D eigenvalue weighted by Crippen LogP contribution is -2.38. The number of nitrogens with zero attached hydrogens (tertiary/aromatic N) is 2. The molecule has 0 aromatic carbocycles. The third-order valence-corrected chi connectivity index (χ3v) is 2.97. The maximum Gasteiger partial charge on any atom is 0.108 e. The topological polar surface area (TPSA) is 29.9 Å². The van der Waals surface area contributed by atoms with Crippen LogP contribution in [0.15, 0.2) is 12.4 Å². The molecule has 92 valence electrons. The van der Waals surface area contributed by atoms with Gasteiger partial charge in [0.15, 0.2) is 0 Å². The van der Waals surface area contributed by atoms with Crippen molar-refractivity contribution in [2.75, 3.05) is 6.54 Å². The van der Waals surface area contributed by atoms with E-state index in [2.05, 4.69) is 48.8 Å². The SMILES string of the molecule is CCCNC(Cn1ccnc1CC)C(C)C. The number of aryl methyl sites for hydroxylation is 1. The van der Waals surface area contributed by atoms with Crippen LogP contribution in [0.25, 0.3) is 0 Å². The first-order valence-electron chi connectivity index (χ1n) is 6.42. The second-order valence-electron chi connectivity index (χ2n) is 4.65. The minimum Gasteiger partial charge on any atom is -0.333 e. The summed E-state index contributed by atoms with van der Waals surface area (Å²) in [5, 5.41) is 3.61. The number of nitrogens with one attached hydrogen (secondary N) is 1. The van der Waals surface area contributed by atoms with Crippen LogP contribution in [0.1, 0.15) is 39.9 Å². The molecule has 3 heteroatoms. The largest absolute Gasteiger partial charge is 0.333 e. The summed E-state index contributed by atoms with van der Waals surface area (Å²) in [6.45, 7) is 11.0. The van der Waals surface area contributed by atoms with Crippen molar-refractivity contribution in [2.45, 2.75) is 53.1 Å². The molecule has 3 nitrogen and oxygen atoms in total. The van der Waals surface area contributed by atoms with Crippen LogP contribution in [0, 0.1) is 5.92 Å². The third kappa shape index (κ3) is 3.63. The number of aromatic nitrogens is 2. The Bertz CT molecular complexity index is 291. The average molecular weight is 223 g/mol. The summed E-state index contributed by atoms with van der Waals surface area (Å²) in [5.74, 6) is 1.84. The Kier molecular flexibility index (Phi) is 5.53. The second-order valence-corrected chi connectivity index (χ2v) is 4.65. The average Bonchev–Trinajstić information content (AvgIpc) is 2.70. The first-order valence-corrected chi connectivity index (χ1v) is 6.42. The standard InChI is InChI=1S/C13H25N3/c1-5-7-14-12(11(3)4)10-16-9-8-15-13(16)6-2/h8-9,11-12,14H,5-7,10H2,1-4H3. The molecule has 0 bridgehead atoms. The number of rotatable bonds is 7. The fourth-order valence-electron chi connectivity index (χ4n) is 1.87. The molecule has 0 aliphatic heterocycles. The summed E-state index contributed by atoms with van der Waals surface area (Å²) in [6.07, 6.45) is 6.18. The van der Waals surface area contributed by atoms with Crippen LogP contribution in [-0.2, 0) is 13.0 Å². The van der Waals surface area contributed by atoms with Gasteiger partial charge in [0.05, 0.1) is 0 Å². The predicted octanol–water partition coefficient (Wildman–Crippen LogP) is 2.47.